The van der Waals surface area contributed by atoms with E-state index in [1.807, 2.05) is 109 Å². The van der Waals surface area contributed by atoms with Crippen LogP contribution in [0.2, 0.25) is 0 Å². The maximum absolute atomic E-state index is 13.5. The number of hydrogen-bond donors (Lipinski definition) is 1. The zero-order chi connectivity index (χ0) is 26.1. The maximum Gasteiger partial charge on any atom is 0.295 e. The number of Topliss-reactive ketones (excluding diaryl/α,β-unsaturated/α-hetero) is 1. The Morgan fingerprint density at radius 1 is 0.816 bits per heavy atom. The molecule has 1 aliphatic heterocycles. The zero-order valence-electron chi connectivity index (χ0n) is 20.3. The number of thiophene rings is 1. The summed E-state index contributed by atoms with van der Waals surface area (Å²) in [6, 6.07) is 33.0. The first-order valence-corrected chi connectivity index (χ1v) is 13.1. The molecule has 5 nitrogen and oxygen atoms in total. The Bertz CT molecular complexity index is 1670. The molecule has 38 heavy (non-hydrogen) atoms. The molecule has 0 bridgehead atoms. The first kappa shape index (κ1) is 23.7. The minimum absolute atomic E-state index is 0.0692. The van der Waals surface area contributed by atoms with Crippen molar-refractivity contribution in [2.45, 2.75) is 12.6 Å². The van der Waals surface area contributed by atoms with Crippen LogP contribution in [-0.2, 0) is 16.1 Å². The van der Waals surface area contributed by atoms with E-state index in [0.29, 0.717) is 22.6 Å². The molecule has 1 N–H and O–H groups in total. The first-order valence-electron chi connectivity index (χ1n) is 12.2. The van der Waals surface area contributed by atoms with Crippen molar-refractivity contribution in [1.82, 2.24) is 4.90 Å². The van der Waals surface area contributed by atoms with Crippen molar-refractivity contribution in [1.29, 1.82) is 0 Å². The predicted molar refractivity (Wildman–Crippen MR) is 149 cm³/mol. The maximum atomic E-state index is 13.5. The van der Waals surface area contributed by atoms with Crippen molar-refractivity contribution >= 4 is 39.6 Å². The van der Waals surface area contributed by atoms with Crippen LogP contribution in [0.3, 0.4) is 0 Å². The van der Waals surface area contributed by atoms with Crippen LogP contribution in [0.15, 0.2) is 120 Å². The van der Waals surface area contributed by atoms with Crippen LogP contribution in [0.4, 0.5) is 0 Å². The summed E-state index contributed by atoms with van der Waals surface area (Å²) in [7, 11) is 0. The Balaban J connectivity index is 1.50. The number of aliphatic hydroxyl groups excluding tert-OH is 1. The fourth-order valence-electron chi connectivity index (χ4n) is 4.91. The Labute approximate surface area is 223 Å². The second-order valence-corrected chi connectivity index (χ2v) is 10.1. The Hall–Kier alpha value is -4.68. The Kier molecular flexibility index (Phi) is 6.23. The monoisotopic (exact) mass is 517 g/mol. The van der Waals surface area contributed by atoms with Crippen molar-refractivity contribution < 1.29 is 19.4 Å². The van der Waals surface area contributed by atoms with Gasteiger partial charge in [-0.05, 0) is 52.0 Å². The molecule has 1 atom stereocenters. The third kappa shape index (κ3) is 4.35. The lowest BCUT2D eigenvalue weighted by Gasteiger charge is -2.25. The summed E-state index contributed by atoms with van der Waals surface area (Å²) < 4.78 is 6.05. The lowest BCUT2D eigenvalue weighted by atomic mass is 9.93. The normalized spacial score (nSPS) is 16.7. The molecule has 1 aliphatic rings. The molecule has 1 aromatic heterocycles. The number of ether oxygens (including phenoxy) is 1. The quantitative estimate of drug-likeness (QED) is 0.146. The highest BCUT2D eigenvalue weighted by Crippen LogP contribution is 2.42. The number of fused-ring (bicyclic) bond motifs is 1. The molecule has 5 aromatic rings. The number of amides is 1. The minimum atomic E-state index is -0.782. The molecule has 1 saturated heterocycles. The molecule has 1 fully saturated rings. The van der Waals surface area contributed by atoms with Gasteiger partial charge in [0, 0.05) is 10.4 Å². The molecule has 0 saturated carbocycles. The highest BCUT2D eigenvalue weighted by atomic mass is 32.1. The van der Waals surface area contributed by atoms with E-state index in [4.69, 9.17) is 4.74 Å². The van der Waals surface area contributed by atoms with E-state index >= 15 is 0 Å². The summed E-state index contributed by atoms with van der Waals surface area (Å²) in [5.74, 6) is -0.284. The standard InChI is InChI=1S/C32H23NO4S/c34-30(27-17-7-10-21-9-4-5-16-26(21)27)28-29(33(32(36)31(28)35)20-25-15-8-18-38-25)22-11-6-14-24(19-22)37-23-12-2-1-3-13-23/h1-19,29,34H,20H2/b30-28-. The lowest BCUT2D eigenvalue weighted by Crippen LogP contribution is -2.28. The highest BCUT2D eigenvalue weighted by Gasteiger charge is 2.46. The summed E-state index contributed by atoms with van der Waals surface area (Å²) in [4.78, 5) is 29.4. The number of benzene rings is 4. The number of hydrogen-bond acceptors (Lipinski definition) is 5. The minimum Gasteiger partial charge on any atom is -0.507 e. The third-order valence-corrected chi connectivity index (χ3v) is 7.50. The predicted octanol–water partition coefficient (Wildman–Crippen LogP) is 7.32. The van der Waals surface area contributed by atoms with Gasteiger partial charge in [-0.15, -0.1) is 11.3 Å². The van der Waals surface area contributed by atoms with Gasteiger partial charge in [0.15, 0.2) is 0 Å². The second kappa shape index (κ2) is 10.00. The summed E-state index contributed by atoms with van der Waals surface area (Å²) >= 11 is 1.51. The number of rotatable bonds is 6. The van der Waals surface area contributed by atoms with Gasteiger partial charge in [-0.2, -0.15) is 0 Å². The summed E-state index contributed by atoms with van der Waals surface area (Å²) in [6.45, 7) is 0.253. The molecule has 0 radical (unpaired) electrons. The third-order valence-electron chi connectivity index (χ3n) is 6.64. The van der Waals surface area contributed by atoms with Crippen LogP contribution in [0.25, 0.3) is 16.5 Å². The Morgan fingerprint density at radius 3 is 2.37 bits per heavy atom. The van der Waals surface area contributed by atoms with E-state index in [1.54, 1.807) is 6.07 Å². The van der Waals surface area contributed by atoms with Crippen molar-refractivity contribution in [2.24, 2.45) is 0 Å². The molecular weight excluding hydrogens is 494 g/mol. The Morgan fingerprint density at radius 2 is 1.55 bits per heavy atom. The van der Waals surface area contributed by atoms with Crippen LogP contribution < -0.4 is 4.74 Å². The number of likely N-dealkylation sites (tertiary alicyclic amines) is 1. The smallest absolute Gasteiger partial charge is 0.295 e. The number of carbonyl (C=O) groups is 2. The molecule has 6 heteroatoms. The molecule has 186 valence electrons. The fourth-order valence-corrected chi connectivity index (χ4v) is 5.61. The number of carbonyl (C=O) groups excluding carboxylic acids is 2. The van der Waals surface area contributed by atoms with Gasteiger partial charge in [-0.1, -0.05) is 78.9 Å². The second-order valence-electron chi connectivity index (χ2n) is 9.02. The molecule has 6 rings (SSSR count). The summed E-state index contributed by atoms with van der Waals surface area (Å²) in [5, 5.41) is 15.3. The SMILES string of the molecule is O=C1C(=O)N(Cc2cccs2)C(c2cccc(Oc3ccccc3)c2)/C1=C(/O)c1cccc2ccccc12. The average Bonchev–Trinajstić information content (AvgIpc) is 3.55. The van der Waals surface area contributed by atoms with E-state index in [0.717, 1.165) is 15.6 Å². The first-order chi connectivity index (χ1) is 18.6. The van der Waals surface area contributed by atoms with Gasteiger partial charge in [0.25, 0.3) is 11.7 Å². The molecule has 1 amide bonds. The lowest BCUT2D eigenvalue weighted by molar-refractivity contribution is -0.140. The molecular formula is C32H23NO4S. The van der Waals surface area contributed by atoms with Gasteiger partial charge < -0.3 is 14.7 Å². The van der Waals surface area contributed by atoms with Gasteiger partial charge >= 0.3 is 0 Å². The van der Waals surface area contributed by atoms with Gasteiger partial charge in [-0.25, -0.2) is 0 Å². The number of para-hydroxylation sites is 1. The van der Waals surface area contributed by atoms with Crippen molar-refractivity contribution in [3.63, 3.8) is 0 Å². The van der Waals surface area contributed by atoms with Crippen LogP contribution in [0.5, 0.6) is 11.5 Å². The molecule has 4 aromatic carbocycles. The van der Waals surface area contributed by atoms with E-state index in [1.165, 1.54) is 16.2 Å². The van der Waals surface area contributed by atoms with E-state index in [2.05, 4.69) is 0 Å². The van der Waals surface area contributed by atoms with Crippen LogP contribution in [0, 0.1) is 0 Å². The van der Waals surface area contributed by atoms with E-state index in [9.17, 15) is 14.7 Å². The largest absolute Gasteiger partial charge is 0.507 e. The highest BCUT2D eigenvalue weighted by molar-refractivity contribution is 7.09. The van der Waals surface area contributed by atoms with Crippen molar-refractivity contribution in [3.05, 3.63) is 136 Å². The number of ketones is 1. The summed E-state index contributed by atoms with van der Waals surface area (Å²) in [6.07, 6.45) is 0. The molecule has 0 spiro atoms. The number of aliphatic hydroxyl groups is 1. The van der Waals surface area contributed by atoms with Crippen molar-refractivity contribution in [3.8, 4) is 11.5 Å². The summed E-state index contributed by atoms with van der Waals surface area (Å²) in [5.41, 5.74) is 1.26. The van der Waals surface area contributed by atoms with Crippen LogP contribution >= 0.6 is 11.3 Å². The topological polar surface area (TPSA) is 66.8 Å². The molecule has 2 heterocycles. The van der Waals surface area contributed by atoms with Gasteiger partial charge in [0.05, 0.1) is 18.2 Å². The van der Waals surface area contributed by atoms with Gasteiger partial charge in [0.2, 0.25) is 0 Å². The van der Waals surface area contributed by atoms with Gasteiger partial charge in [0.1, 0.15) is 17.3 Å². The molecule has 0 aliphatic carbocycles. The van der Waals surface area contributed by atoms with E-state index in [-0.39, 0.29) is 17.9 Å². The number of nitrogens with zero attached hydrogens (tertiary/aromatic N) is 1. The average molecular weight is 518 g/mol. The van der Waals surface area contributed by atoms with E-state index < -0.39 is 17.7 Å². The van der Waals surface area contributed by atoms with Gasteiger partial charge in [-0.3, -0.25) is 9.59 Å². The fraction of sp³-hybridized carbons (Fsp3) is 0.0625. The zero-order valence-corrected chi connectivity index (χ0v) is 21.1. The molecule has 1 unspecified atom stereocenters. The van der Waals surface area contributed by atoms with Crippen LogP contribution in [-0.4, -0.2) is 21.7 Å². The van der Waals surface area contributed by atoms with Crippen molar-refractivity contribution in [2.75, 3.05) is 0 Å². The van der Waals surface area contributed by atoms with Crippen LogP contribution in [0.1, 0.15) is 22.0 Å².